The van der Waals surface area contributed by atoms with E-state index in [1.807, 2.05) is 0 Å². The molecule has 0 aliphatic heterocycles. The lowest BCUT2D eigenvalue weighted by atomic mass is 10.4. The zero-order valence-electron chi connectivity index (χ0n) is 13.3. The van der Waals surface area contributed by atoms with E-state index in [0.29, 0.717) is 11.8 Å². The molecule has 23 heavy (non-hydrogen) atoms. The first-order chi connectivity index (χ1) is 10.7. The third-order valence-electron chi connectivity index (χ3n) is 2.95. The monoisotopic (exact) mass is 339 g/mol. The van der Waals surface area contributed by atoms with Gasteiger partial charge in [0.25, 0.3) is 10.0 Å². The summed E-state index contributed by atoms with van der Waals surface area (Å²) in [6.07, 6.45) is 1.40. The third kappa shape index (κ3) is 3.86. The van der Waals surface area contributed by atoms with Gasteiger partial charge in [0.15, 0.2) is 5.82 Å². The van der Waals surface area contributed by atoms with Gasteiger partial charge >= 0.3 is 0 Å². The number of nitrogens with one attached hydrogen (secondary N) is 1. The lowest BCUT2D eigenvalue weighted by molar-refractivity contribution is 0.599. The number of nitrogens with zero attached hydrogens (tertiary/aromatic N) is 4. The largest absolute Gasteiger partial charge is 0.361 e. The molecule has 1 aromatic heterocycles. The van der Waals surface area contributed by atoms with Gasteiger partial charge in [0.05, 0.1) is 11.1 Å². The molecule has 0 radical (unpaired) electrons. The minimum absolute atomic E-state index is 0.0414. The van der Waals surface area contributed by atoms with Crippen LogP contribution in [-0.4, -0.2) is 46.6 Å². The predicted molar refractivity (Wildman–Crippen MR) is 87.9 cm³/mol. The summed E-state index contributed by atoms with van der Waals surface area (Å²) < 4.78 is 40.2. The number of sulfonamides is 1. The molecule has 0 amide bonds. The highest BCUT2D eigenvalue weighted by Crippen LogP contribution is 2.25. The van der Waals surface area contributed by atoms with Crippen LogP contribution in [0, 0.1) is 5.82 Å². The Balaban J connectivity index is 2.40. The number of aromatic nitrogens is 2. The van der Waals surface area contributed by atoms with Crippen LogP contribution in [0.15, 0.2) is 35.4 Å². The smallest absolute Gasteiger partial charge is 0.262 e. The van der Waals surface area contributed by atoms with Crippen molar-refractivity contribution in [2.45, 2.75) is 4.90 Å². The van der Waals surface area contributed by atoms with Gasteiger partial charge in [0.2, 0.25) is 5.95 Å². The van der Waals surface area contributed by atoms with Crippen LogP contribution in [0.2, 0.25) is 0 Å². The minimum Gasteiger partial charge on any atom is -0.361 e. The van der Waals surface area contributed by atoms with Gasteiger partial charge in [-0.1, -0.05) is 0 Å². The molecule has 124 valence electrons. The molecule has 0 saturated carbocycles. The average molecular weight is 339 g/mol. The molecule has 1 N–H and O–H groups in total. The summed E-state index contributed by atoms with van der Waals surface area (Å²) in [5.74, 6) is 0.379. The number of hydrogen-bond acceptors (Lipinski definition) is 6. The summed E-state index contributed by atoms with van der Waals surface area (Å²) >= 11 is 0. The van der Waals surface area contributed by atoms with Crippen LogP contribution in [0.1, 0.15) is 0 Å². The molecule has 0 bridgehead atoms. The van der Waals surface area contributed by atoms with E-state index in [1.54, 1.807) is 38.0 Å². The molecule has 0 spiro atoms. The van der Waals surface area contributed by atoms with Crippen LogP contribution in [0.3, 0.4) is 0 Å². The second-order valence-corrected chi connectivity index (χ2v) is 6.94. The van der Waals surface area contributed by atoms with E-state index in [9.17, 15) is 12.8 Å². The Kier molecular flexibility index (Phi) is 4.69. The highest BCUT2D eigenvalue weighted by Gasteiger charge is 2.19. The van der Waals surface area contributed by atoms with Crippen molar-refractivity contribution in [3.8, 4) is 0 Å². The van der Waals surface area contributed by atoms with Gasteiger partial charge in [0, 0.05) is 28.2 Å². The van der Waals surface area contributed by atoms with Gasteiger partial charge < -0.3 is 9.80 Å². The molecule has 9 heteroatoms. The number of hydrogen-bond donors (Lipinski definition) is 1. The summed E-state index contributed by atoms with van der Waals surface area (Å²) in [5, 5.41) is 0. The van der Waals surface area contributed by atoms with Gasteiger partial charge in [-0.25, -0.2) is 17.8 Å². The number of anilines is 3. The van der Waals surface area contributed by atoms with E-state index in [4.69, 9.17) is 0 Å². The third-order valence-corrected chi connectivity index (χ3v) is 4.33. The summed E-state index contributed by atoms with van der Waals surface area (Å²) in [6.45, 7) is 0. The zero-order chi connectivity index (χ0) is 17.2. The Morgan fingerprint density at radius 1 is 1.04 bits per heavy atom. The maximum atomic E-state index is 12.9. The van der Waals surface area contributed by atoms with Crippen molar-refractivity contribution in [1.29, 1.82) is 0 Å². The molecule has 1 heterocycles. The second kappa shape index (κ2) is 6.37. The Hall–Kier alpha value is -2.42. The van der Waals surface area contributed by atoms with Gasteiger partial charge in [-0.15, -0.1) is 0 Å². The van der Waals surface area contributed by atoms with Crippen LogP contribution in [0.5, 0.6) is 0 Å². The molecule has 0 fully saturated rings. The highest BCUT2D eigenvalue weighted by molar-refractivity contribution is 7.92. The van der Waals surface area contributed by atoms with Gasteiger partial charge in [-0.05, 0) is 24.3 Å². The van der Waals surface area contributed by atoms with E-state index in [0.717, 1.165) is 12.1 Å². The maximum Gasteiger partial charge on any atom is 0.262 e. The maximum absolute atomic E-state index is 12.9. The van der Waals surface area contributed by atoms with Crippen LogP contribution in [0.25, 0.3) is 0 Å². The second-order valence-electron chi connectivity index (χ2n) is 5.26. The SMILES string of the molecule is CN(C)c1ncc(NS(=O)(=O)c2ccc(F)cc2)c(N(C)C)n1. The fraction of sp³-hybridized carbons (Fsp3) is 0.286. The quantitative estimate of drug-likeness (QED) is 0.890. The van der Waals surface area contributed by atoms with Gasteiger partial charge in [0.1, 0.15) is 11.5 Å². The average Bonchev–Trinajstić information content (AvgIpc) is 2.47. The molecule has 7 nitrogen and oxygen atoms in total. The molecular formula is C14H18FN5O2S. The number of halogens is 1. The molecule has 1 aromatic carbocycles. The lowest BCUT2D eigenvalue weighted by Gasteiger charge is -2.19. The summed E-state index contributed by atoms with van der Waals surface area (Å²) in [6, 6.07) is 4.57. The van der Waals surface area contributed by atoms with Crippen LogP contribution < -0.4 is 14.5 Å². The fourth-order valence-corrected chi connectivity index (χ4v) is 2.86. The molecule has 2 aromatic rings. The van der Waals surface area contributed by atoms with Crippen molar-refractivity contribution in [1.82, 2.24) is 9.97 Å². The molecule has 0 unspecified atom stereocenters. The molecule has 2 rings (SSSR count). The van der Waals surface area contributed by atoms with Crippen LogP contribution in [0.4, 0.5) is 21.8 Å². The highest BCUT2D eigenvalue weighted by atomic mass is 32.2. The van der Waals surface area contributed by atoms with Gasteiger partial charge in [-0.3, -0.25) is 4.72 Å². The number of rotatable bonds is 5. The topological polar surface area (TPSA) is 78.4 Å². The van der Waals surface area contributed by atoms with Crippen LogP contribution >= 0.6 is 0 Å². The Bertz CT molecular complexity index is 791. The first kappa shape index (κ1) is 16.9. The standard InChI is InChI=1S/C14H18FN5O2S/c1-19(2)13-12(9-16-14(17-13)20(3)4)18-23(21,22)11-7-5-10(15)6-8-11/h5-9,18H,1-4H3. The van der Waals surface area contributed by atoms with Crippen molar-refractivity contribution in [3.05, 3.63) is 36.3 Å². The summed E-state index contributed by atoms with van der Waals surface area (Å²) in [7, 11) is 3.22. The van der Waals surface area contributed by atoms with Crippen molar-refractivity contribution in [2.24, 2.45) is 0 Å². The molecule has 0 aliphatic rings. The molecule has 0 aliphatic carbocycles. The van der Waals surface area contributed by atoms with Crippen molar-refractivity contribution >= 4 is 27.5 Å². The van der Waals surface area contributed by atoms with Crippen LogP contribution in [-0.2, 0) is 10.0 Å². The van der Waals surface area contributed by atoms with E-state index in [2.05, 4.69) is 14.7 Å². The normalized spacial score (nSPS) is 11.2. The van der Waals surface area contributed by atoms with E-state index < -0.39 is 15.8 Å². The first-order valence-corrected chi connectivity index (χ1v) is 8.19. The molecule has 0 atom stereocenters. The Morgan fingerprint density at radius 2 is 1.65 bits per heavy atom. The Morgan fingerprint density at radius 3 is 2.17 bits per heavy atom. The predicted octanol–water partition coefficient (Wildman–Crippen LogP) is 1.55. The fourth-order valence-electron chi connectivity index (χ4n) is 1.81. The van der Waals surface area contributed by atoms with E-state index in [1.165, 1.54) is 18.3 Å². The van der Waals surface area contributed by atoms with Crippen molar-refractivity contribution in [2.75, 3.05) is 42.7 Å². The Labute approximate surface area is 134 Å². The number of benzene rings is 1. The zero-order valence-corrected chi connectivity index (χ0v) is 14.1. The van der Waals surface area contributed by atoms with E-state index >= 15 is 0 Å². The molecular weight excluding hydrogens is 321 g/mol. The summed E-state index contributed by atoms with van der Waals surface area (Å²) in [4.78, 5) is 11.8. The summed E-state index contributed by atoms with van der Waals surface area (Å²) in [5.41, 5.74) is 0.241. The van der Waals surface area contributed by atoms with Gasteiger partial charge in [-0.2, -0.15) is 4.98 Å². The van der Waals surface area contributed by atoms with Crippen molar-refractivity contribution in [3.63, 3.8) is 0 Å². The van der Waals surface area contributed by atoms with Crippen molar-refractivity contribution < 1.29 is 12.8 Å². The minimum atomic E-state index is -3.86. The van der Waals surface area contributed by atoms with E-state index in [-0.39, 0.29) is 10.6 Å². The molecule has 0 saturated heterocycles. The lowest BCUT2D eigenvalue weighted by Crippen LogP contribution is -2.21. The first-order valence-electron chi connectivity index (χ1n) is 6.71.